The summed E-state index contributed by atoms with van der Waals surface area (Å²) >= 11 is 7.32. The van der Waals surface area contributed by atoms with Crippen LogP contribution < -0.4 is 0 Å². The average molecular weight is 346 g/mol. The first kappa shape index (κ1) is 15.9. The average Bonchev–Trinajstić information content (AvgIpc) is 2.91. The molecular formula is C17H16ClN3OS. The van der Waals surface area contributed by atoms with Crippen LogP contribution in [0, 0.1) is 0 Å². The van der Waals surface area contributed by atoms with Gasteiger partial charge in [0.2, 0.25) is 0 Å². The third-order valence-electron chi connectivity index (χ3n) is 3.57. The zero-order chi connectivity index (χ0) is 16.4. The van der Waals surface area contributed by atoms with Gasteiger partial charge in [-0.2, -0.15) is 0 Å². The van der Waals surface area contributed by atoms with Crippen LogP contribution in [0.3, 0.4) is 0 Å². The molecule has 6 heteroatoms. The lowest BCUT2D eigenvalue weighted by Gasteiger charge is -2.27. The van der Waals surface area contributed by atoms with E-state index in [0.717, 1.165) is 15.8 Å². The number of hydrogen-bond donors (Lipinski definition) is 0. The van der Waals surface area contributed by atoms with Crippen molar-refractivity contribution < 1.29 is 4.79 Å². The fourth-order valence-corrected chi connectivity index (χ4v) is 3.44. The topological polar surface area (TPSA) is 46.1 Å². The van der Waals surface area contributed by atoms with Gasteiger partial charge in [0, 0.05) is 30.5 Å². The molecule has 0 N–H and O–H groups in total. The summed E-state index contributed by atoms with van der Waals surface area (Å²) in [5, 5.41) is 0. The van der Waals surface area contributed by atoms with Gasteiger partial charge in [0.25, 0.3) is 5.91 Å². The first-order chi connectivity index (χ1) is 11.0. The zero-order valence-corrected chi connectivity index (χ0v) is 14.4. The highest BCUT2D eigenvalue weighted by Gasteiger charge is 2.20. The Morgan fingerprint density at radius 1 is 1.35 bits per heavy atom. The normalized spacial score (nSPS) is 11.1. The monoisotopic (exact) mass is 345 g/mol. The van der Waals surface area contributed by atoms with Crippen LogP contribution in [0.5, 0.6) is 0 Å². The van der Waals surface area contributed by atoms with Crippen molar-refractivity contribution in [3.05, 3.63) is 58.3 Å². The van der Waals surface area contributed by atoms with Gasteiger partial charge in [0.1, 0.15) is 0 Å². The van der Waals surface area contributed by atoms with Crippen molar-refractivity contribution in [2.45, 2.75) is 26.4 Å². The van der Waals surface area contributed by atoms with Crippen LogP contribution in [0.4, 0.5) is 0 Å². The Hall–Kier alpha value is -1.98. The first-order valence-corrected chi connectivity index (χ1v) is 8.50. The molecule has 0 atom stereocenters. The molecule has 0 fully saturated rings. The molecule has 0 spiro atoms. The number of rotatable bonds is 4. The van der Waals surface area contributed by atoms with Gasteiger partial charge in [-0.15, -0.1) is 11.3 Å². The molecular weight excluding hydrogens is 330 g/mol. The highest BCUT2D eigenvalue weighted by Crippen LogP contribution is 2.27. The summed E-state index contributed by atoms with van der Waals surface area (Å²) in [6.45, 7) is 4.55. The number of nitrogens with zero attached hydrogens (tertiary/aromatic N) is 3. The Kier molecular flexibility index (Phi) is 4.59. The van der Waals surface area contributed by atoms with Gasteiger partial charge in [-0.05, 0) is 43.7 Å². The quantitative estimate of drug-likeness (QED) is 0.704. The molecule has 0 saturated carbocycles. The van der Waals surface area contributed by atoms with Gasteiger partial charge in [-0.25, -0.2) is 4.98 Å². The molecule has 0 aliphatic carbocycles. The smallest absolute Gasteiger partial charge is 0.254 e. The lowest BCUT2D eigenvalue weighted by atomic mass is 10.1. The van der Waals surface area contributed by atoms with Crippen LogP contribution in [0.2, 0.25) is 4.47 Å². The molecule has 1 aromatic carbocycles. The molecule has 118 valence electrons. The summed E-state index contributed by atoms with van der Waals surface area (Å²) in [6.07, 6.45) is 3.52. The number of halogens is 1. The highest BCUT2D eigenvalue weighted by molar-refractivity contribution is 7.22. The predicted octanol–water partition coefficient (Wildman–Crippen LogP) is 4.40. The number of thiazole rings is 1. The maximum absolute atomic E-state index is 12.9. The number of carbonyl (C=O) groups is 1. The van der Waals surface area contributed by atoms with Gasteiger partial charge in [-0.1, -0.05) is 17.7 Å². The van der Waals surface area contributed by atoms with Crippen molar-refractivity contribution in [1.82, 2.24) is 14.9 Å². The SMILES string of the molecule is CC(C)N(Cc1cccnc1)C(=O)c1ccc2nc(Cl)sc2c1. The molecule has 2 heterocycles. The van der Waals surface area contributed by atoms with E-state index in [1.54, 1.807) is 18.5 Å². The molecule has 2 aromatic heterocycles. The Morgan fingerprint density at radius 2 is 2.17 bits per heavy atom. The molecule has 0 aliphatic heterocycles. The van der Waals surface area contributed by atoms with Crippen molar-refractivity contribution in [2.75, 3.05) is 0 Å². The molecule has 3 rings (SSSR count). The Bertz CT molecular complexity index is 832. The second kappa shape index (κ2) is 6.64. The van der Waals surface area contributed by atoms with E-state index in [0.29, 0.717) is 16.6 Å². The van der Waals surface area contributed by atoms with Crippen molar-refractivity contribution in [1.29, 1.82) is 0 Å². The minimum Gasteiger partial charge on any atom is -0.332 e. The third kappa shape index (κ3) is 3.51. The molecule has 23 heavy (non-hydrogen) atoms. The number of hydrogen-bond acceptors (Lipinski definition) is 4. The number of aromatic nitrogens is 2. The number of fused-ring (bicyclic) bond motifs is 1. The lowest BCUT2D eigenvalue weighted by Crippen LogP contribution is -2.36. The summed E-state index contributed by atoms with van der Waals surface area (Å²) < 4.78 is 1.41. The minimum absolute atomic E-state index is 0.00437. The van der Waals surface area contributed by atoms with Crippen molar-refractivity contribution in [3.8, 4) is 0 Å². The lowest BCUT2D eigenvalue weighted by molar-refractivity contribution is 0.0690. The van der Waals surface area contributed by atoms with Crippen LogP contribution in [0.15, 0.2) is 42.7 Å². The van der Waals surface area contributed by atoms with Gasteiger partial charge < -0.3 is 4.90 Å². The minimum atomic E-state index is -0.00437. The summed E-state index contributed by atoms with van der Waals surface area (Å²) in [5.74, 6) is -0.00437. The van der Waals surface area contributed by atoms with Gasteiger partial charge in [0.05, 0.1) is 10.2 Å². The summed E-state index contributed by atoms with van der Waals surface area (Å²) in [6, 6.07) is 9.45. The van der Waals surface area contributed by atoms with E-state index in [9.17, 15) is 4.79 Å². The molecule has 1 amide bonds. The van der Waals surface area contributed by atoms with Gasteiger partial charge in [0.15, 0.2) is 4.47 Å². The first-order valence-electron chi connectivity index (χ1n) is 7.30. The predicted molar refractivity (Wildman–Crippen MR) is 93.9 cm³/mol. The van der Waals surface area contributed by atoms with E-state index in [1.807, 2.05) is 43.0 Å². The van der Waals surface area contributed by atoms with Crippen LogP contribution in [-0.2, 0) is 6.54 Å². The summed E-state index contributed by atoms with van der Waals surface area (Å²) in [4.78, 5) is 23.1. The van der Waals surface area contributed by atoms with Crippen molar-refractivity contribution in [2.24, 2.45) is 0 Å². The molecule has 0 unspecified atom stereocenters. The van der Waals surface area contributed by atoms with E-state index >= 15 is 0 Å². The zero-order valence-electron chi connectivity index (χ0n) is 12.9. The van der Waals surface area contributed by atoms with E-state index in [2.05, 4.69) is 9.97 Å². The van der Waals surface area contributed by atoms with Crippen LogP contribution >= 0.6 is 22.9 Å². The fourth-order valence-electron chi connectivity index (χ4n) is 2.37. The van der Waals surface area contributed by atoms with Crippen molar-refractivity contribution >= 4 is 39.1 Å². The summed E-state index contributed by atoms with van der Waals surface area (Å²) in [7, 11) is 0. The second-order valence-electron chi connectivity index (χ2n) is 5.54. The Labute approximate surface area is 143 Å². The van der Waals surface area contributed by atoms with Crippen LogP contribution in [0.1, 0.15) is 29.8 Å². The molecule has 0 radical (unpaired) electrons. The largest absolute Gasteiger partial charge is 0.332 e. The van der Waals surface area contributed by atoms with Gasteiger partial charge in [-0.3, -0.25) is 9.78 Å². The number of amides is 1. The number of carbonyl (C=O) groups excluding carboxylic acids is 1. The maximum Gasteiger partial charge on any atom is 0.254 e. The van der Waals surface area contributed by atoms with Gasteiger partial charge >= 0.3 is 0 Å². The van der Waals surface area contributed by atoms with Crippen LogP contribution in [-0.4, -0.2) is 26.8 Å². The van der Waals surface area contributed by atoms with E-state index < -0.39 is 0 Å². The maximum atomic E-state index is 12.9. The fraction of sp³-hybridized carbons (Fsp3) is 0.235. The standard InChI is InChI=1S/C17H16ClN3OS/c1-11(2)21(10-12-4-3-7-19-9-12)16(22)13-5-6-14-15(8-13)23-17(18)20-14/h3-9,11H,10H2,1-2H3. The highest BCUT2D eigenvalue weighted by atomic mass is 35.5. The molecule has 3 aromatic rings. The molecule has 4 nitrogen and oxygen atoms in total. The Morgan fingerprint density at radius 3 is 2.87 bits per heavy atom. The van der Waals surface area contributed by atoms with E-state index in [4.69, 9.17) is 11.6 Å². The van der Waals surface area contributed by atoms with Crippen LogP contribution in [0.25, 0.3) is 10.2 Å². The third-order valence-corrected chi connectivity index (χ3v) is 4.69. The molecule has 0 bridgehead atoms. The Balaban J connectivity index is 1.90. The second-order valence-corrected chi connectivity index (χ2v) is 7.15. The molecule has 0 aliphatic rings. The van der Waals surface area contributed by atoms with Crippen molar-refractivity contribution in [3.63, 3.8) is 0 Å². The number of benzene rings is 1. The van der Waals surface area contributed by atoms with E-state index in [1.165, 1.54) is 11.3 Å². The molecule has 0 saturated heterocycles. The number of pyridine rings is 1. The van der Waals surface area contributed by atoms with E-state index in [-0.39, 0.29) is 11.9 Å². The summed E-state index contributed by atoms with van der Waals surface area (Å²) in [5.41, 5.74) is 2.48.